The van der Waals surface area contributed by atoms with Gasteiger partial charge in [-0.2, -0.15) is 13.5 Å². The molecule has 0 heterocycles. The van der Waals surface area contributed by atoms with Crippen LogP contribution in [0.25, 0.3) is 10.8 Å². The number of hydrogen-bond acceptors (Lipinski definition) is 5. The van der Waals surface area contributed by atoms with Crippen LogP contribution in [0.15, 0.2) is 45.4 Å². The average molecular weight is 264 g/mol. The number of rotatable bonds is 2. The van der Waals surface area contributed by atoms with Crippen molar-refractivity contribution in [1.29, 1.82) is 0 Å². The van der Waals surface area contributed by atoms with Crippen LogP contribution in [0.4, 0.5) is 5.69 Å². The lowest BCUT2D eigenvalue weighted by molar-refractivity contribution is 0.472. The van der Waals surface area contributed by atoms with Gasteiger partial charge in [-0.25, -0.2) is 0 Å². The predicted molar refractivity (Wildman–Crippen MR) is 68.5 cm³/mol. The summed E-state index contributed by atoms with van der Waals surface area (Å²) >= 11 is 0. The highest BCUT2D eigenvalue weighted by atomic mass is 32.2. The number of nitrogens with zero attached hydrogens (tertiary/aromatic N) is 2. The fourth-order valence-electron chi connectivity index (χ4n) is 1.69. The van der Waals surface area contributed by atoms with Crippen LogP contribution in [0.2, 0.25) is 0 Å². The zero-order chi connectivity index (χ0) is 13.3. The topological polar surface area (TPSA) is 99.3 Å². The van der Waals surface area contributed by atoms with E-state index in [9.17, 15) is 13.5 Å². The minimum absolute atomic E-state index is 0.265. The summed E-state index contributed by atoms with van der Waals surface area (Å²) in [5.41, 5.74) is -0.265. The van der Waals surface area contributed by atoms with Gasteiger partial charge >= 0.3 is 0 Å². The van der Waals surface area contributed by atoms with E-state index < -0.39 is 15.0 Å². The van der Waals surface area contributed by atoms with E-state index in [1.54, 1.807) is 24.3 Å². The van der Waals surface area contributed by atoms with Gasteiger partial charge in [0.05, 0.1) is 0 Å². The van der Waals surface area contributed by atoms with Gasteiger partial charge in [-0.1, -0.05) is 24.3 Å². The zero-order valence-electron chi connectivity index (χ0n) is 9.40. The molecule has 2 aromatic carbocycles. The molecule has 0 bridgehead atoms. The monoisotopic (exact) mass is 264 g/mol. The number of hydrogen-bond donors (Lipinski definition) is 2. The van der Waals surface area contributed by atoms with Gasteiger partial charge in [-0.15, -0.1) is 0 Å². The Bertz CT molecular complexity index is 743. The normalized spacial score (nSPS) is 12.3. The first-order valence-corrected chi connectivity index (χ1v) is 6.41. The second kappa shape index (κ2) is 4.39. The molecule has 2 aromatic rings. The summed E-state index contributed by atoms with van der Waals surface area (Å²) in [6.07, 6.45) is 0. The van der Waals surface area contributed by atoms with Crippen LogP contribution in [-0.4, -0.2) is 26.1 Å². The fraction of sp³-hybridized carbons (Fsp3) is 0. The van der Waals surface area contributed by atoms with E-state index in [1.807, 2.05) is 0 Å². The molecule has 92 valence electrons. The summed E-state index contributed by atoms with van der Waals surface area (Å²) < 4.78 is 31.7. The van der Waals surface area contributed by atoms with Crippen molar-refractivity contribution in [3.05, 3.63) is 30.3 Å². The van der Waals surface area contributed by atoms with Crippen LogP contribution in [0.1, 0.15) is 0 Å². The molecule has 0 saturated heterocycles. The molecule has 8 heteroatoms. The summed E-state index contributed by atoms with van der Waals surface area (Å²) in [7, 11) is -3.15. The second-order valence-electron chi connectivity index (χ2n) is 3.57. The highest BCUT2D eigenvalue weighted by molar-refractivity contribution is 7.86. The van der Waals surface area contributed by atoms with E-state index in [1.165, 1.54) is 14.0 Å². The molecule has 18 heavy (non-hydrogen) atoms. The zero-order valence-corrected chi connectivity index (χ0v) is 10.2. The van der Waals surface area contributed by atoms with Crippen LogP contribution in [0.5, 0.6) is 5.75 Å². The van der Waals surface area contributed by atoms with Gasteiger partial charge in [-0.3, -0.25) is 9.58 Å². The van der Waals surface area contributed by atoms with Gasteiger partial charge in [0, 0.05) is 5.39 Å². The van der Waals surface area contributed by atoms with Crippen molar-refractivity contribution in [1.82, 2.24) is 0 Å². The second-order valence-corrected chi connectivity index (χ2v) is 4.96. The lowest BCUT2D eigenvalue weighted by atomic mass is 10.1. The molecule has 0 amide bonds. The van der Waals surface area contributed by atoms with Crippen molar-refractivity contribution < 1.29 is 18.1 Å². The Balaban J connectivity index is 2.97. The Morgan fingerprint density at radius 1 is 1.22 bits per heavy atom. The number of fused-ring (bicyclic) bond motifs is 1. The SMILES string of the molecule is BN=Nc1c(S(=O)(=O)O)cc2ccccc2c1O. The first kappa shape index (κ1) is 12.5. The molecule has 0 radical (unpaired) electrons. The Hall–Kier alpha value is -1.93. The van der Waals surface area contributed by atoms with E-state index in [0.717, 1.165) is 0 Å². The maximum atomic E-state index is 11.3. The van der Waals surface area contributed by atoms with E-state index in [-0.39, 0.29) is 11.4 Å². The van der Waals surface area contributed by atoms with Crippen molar-refractivity contribution in [2.75, 3.05) is 0 Å². The predicted octanol–water partition coefficient (Wildman–Crippen LogP) is 1.42. The molecular formula is C10H9BN2O4S. The van der Waals surface area contributed by atoms with E-state index in [4.69, 9.17) is 4.55 Å². The Kier molecular flexibility index (Phi) is 3.06. The van der Waals surface area contributed by atoms with Crippen LogP contribution >= 0.6 is 0 Å². The summed E-state index contributed by atoms with van der Waals surface area (Å²) in [6.45, 7) is 0. The van der Waals surface area contributed by atoms with E-state index in [0.29, 0.717) is 10.8 Å². The molecule has 0 aliphatic heterocycles. The van der Waals surface area contributed by atoms with Crippen molar-refractivity contribution >= 4 is 34.6 Å². The van der Waals surface area contributed by atoms with Crippen LogP contribution in [0, 0.1) is 0 Å². The van der Waals surface area contributed by atoms with Crippen LogP contribution in [-0.2, 0) is 10.1 Å². The third-order valence-corrected chi connectivity index (χ3v) is 3.31. The van der Waals surface area contributed by atoms with Gasteiger partial charge in [0.15, 0.2) is 5.75 Å². The van der Waals surface area contributed by atoms with E-state index in [2.05, 4.69) is 10.1 Å². The van der Waals surface area contributed by atoms with Crippen LogP contribution < -0.4 is 0 Å². The molecule has 2 N–H and O–H groups in total. The number of phenols is 1. The van der Waals surface area contributed by atoms with Crippen molar-refractivity contribution in [2.45, 2.75) is 4.90 Å². The number of aromatic hydroxyl groups is 1. The quantitative estimate of drug-likeness (QED) is 0.486. The lowest BCUT2D eigenvalue weighted by Crippen LogP contribution is -1.99. The number of benzene rings is 2. The minimum atomic E-state index is -4.48. The van der Waals surface area contributed by atoms with Gasteiger partial charge in [0.2, 0.25) is 0 Å². The van der Waals surface area contributed by atoms with Crippen LogP contribution in [0.3, 0.4) is 0 Å². The summed E-state index contributed by atoms with van der Waals surface area (Å²) in [5.74, 6) is -0.327. The van der Waals surface area contributed by atoms with Crippen molar-refractivity contribution in [3.8, 4) is 5.75 Å². The third-order valence-electron chi connectivity index (χ3n) is 2.44. The minimum Gasteiger partial charge on any atom is -0.505 e. The summed E-state index contributed by atoms with van der Waals surface area (Å²) in [6, 6.07) is 7.87. The van der Waals surface area contributed by atoms with Gasteiger partial charge in [0.1, 0.15) is 10.6 Å². The molecule has 2 rings (SSSR count). The first-order valence-electron chi connectivity index (χ1n) is 4.97. The summed E-state index contributed by atoms with van der Waals surface area (Å²) in [5, 5.41) is 17.9. The molecule has 0 fully saturated rings. The molecule has 0 aromatic heterocycles. The molecule has 6 nitrogen and oxygen atoms in total. The maximum Gasteiger partial charge on any atom is 0.296 e. The molecule has 0 saturated carbocycles. The van der Waals surface area contributed by atoms with Crippen molar-refractivity contribution in [2.24, 2.45) is 10.1 Å². The molecule has 0 spiro atoms. The van der Waals surface area contributed by atoms with Gasteiger partial charge < -0.3 is 5.11 Å². The molecule has 0 aliphatic rings. The Morgan fingerprint density at radius 2 is 1.89 bits per heavy atom. The first-order chi connectivity index (χ1) is 8.45. The summed E-state index contributed by atoms with van der Waals surface area (Å²) in [4.78, 5) is -0.468. The molecule has 0 unspecified atom stereocenters. The van der Waals surface area contributed by atoms with Gasteiger partial charge in [-0.05, 0) is 11.5 Å². The molecule has 0 atom stereocenters. The largest absolute Gasteiger partial charge is 0.505 e. The molecular weight excluding hydrogens is 255 g/mol. The third kappa shape index (κ3) is 2.07. The Labute approximate surface area is 104 Å². The lowest BCUT2D eigenvalue weighted by Gasteiger charge is -2.08. The number of phenolic OH excluding ortho intramolecular Hbond substituents is 1. The maximum absolute atomic E-state index is 11.3. The van der Waals surface area contributed by atoms with Gasteiger partial charge in [0.25, 0.3) is 18.1 Å². The smallest absolute Gasteiger partial charge is 0.296 e. The average Bonchev–Trinajstić information content (AvgIpc) is 2.31. The highest BCUT2D eigenvalue weighted by Gasteiger charge is 2.21. The van der Waals surface area contributed by atoms with Crippen molar-refractivity contribution in [3.63, 3.8) is 0 Å². The van der Waals surface area contributed by atoms with E-state index >= 15 is 0 Å². The standard InChI is InChI=1S/C10H9BN2O4S/c11-13-12-9-8(18(15,16)17)5-6-3-1-2-4-7(6)10(9)14/h1-5,14H,11H2,(H,15,16,17). The fourth-order valence-corrected chi connectivity index (χ4v) is 2.34. The molecule has 0 aliphatic carbocycles. The highest BCUT2D eigenvalue weighted by Crippen LogP contribution is 2.40. The Morgan fingerprint density at radius 3 is 2.50 bits per heavy atom.